The summed E-state index contributed by atoms with van der Waals surface area (Å²) in [6.45, 7) is 14.9. The topological polar surface area (TPSA) is 56.8 Å². The first-order valence-corrected chi connectivity index (χ1v) is 18.9. The highest BCUT2D eigenvalue weighted by molar-refractivity contribution is 6.10. The van der Waals surface area contributed by atoms with E-state index in [1.54, 1.807) is 0 Å². The number of hydrogen-bond donors (Lipinski definition) is 2. The van der Waals surface area contributed by atoms with Crippen molar-refractivity contribution in [1.29, 1.82) is 0 Å². The van der Waals surface area contributed by atoms with Gasteiger partial charge < -0.3 is 24.2 Å². The van der Waals surface area contributed by atoms with Gasteiger partial charge in [0.1, 0.15) is 11.5 Å². The van der Waals surface area contributed by atoms with Crippen LogP contribution in [-0.2, 0) is 6.54 Å². The quantitative estimate of drug-likeness (QED) is 0.141. The lowest BCUT2D eigenvalue weighted by atomic mass is 9.99. The Morgan fingerprint density at radius 1 is 0.547 bits per heavy atom. The van der Waals surface area contributed by atoms with Crippen LogP contribution in [0.1, 0.15) is 49.1 Å². The number of aromatic nitrogens is 2. The van der Waals surface area contributed by atoms with Gasteiger partial charge in [0.05, 0.1) is 33.4 Å². The van der Waals surface area contributed by atoms with Crippen molar-refractivity contribution < 1.29 is 10.2 Å². The molecule has 6 aromatic carbocycles. The summed E-state index contributed by atoms with van der Waals surface area (Å²) in [5.41, 5.74) is 9.71. The number of aryl methyl sites for hydroxylation is 2. The third-order valence-corrected chi connectivity index (χ3v) is 11.2. The van der Waals surface area contributed by atoms with Gasteiger partial charge >= 0.3 is 0 Å². The Morgan fingerprint density at radius 3 is 1.42 bits per heavy atom. The molecule has 0 saturated carbocycles. The van der Waals surface area contributed by atoms with Crippen LogP contribution in [-0.4, -0.2) is 55.3 Å². The lowest BCUT2D eigenvalue weighted by molar-refractivity contribution is 0.163. The lowest BCUT2D eigenvalue weighted by Gasteiger charge is -2.33. The van der Waals surface area contributed by atoms with Gasteiger partial charge in [-0.15, -0.1) is 0 Å². The molecule has 6 nitrogen and oxygen atoms in total. The number of rotatable bonds is 11. The first-order chi connectivity index (χ1) is 25.8. The van der Waals surface area contributed by atoms with Gasteiger partial charge in [-0.2, -0.15) is 0 Å². The fraction of sp³-hybridized carbons (Fsp3) is 0.234. The Labute approximate surface area is 311 Å². The summed E-state index contributed by atoms with van der Waals surface area (Å²) in [4.78, 5) is 4.84. The Morgan fingerprint density at radius 2 is 0.962 bits per heavy atom. The highest BCUT2D eigenvalue weighted by Crippen LogP contribution is 2.42. The van der Waals surface area contributed by atoms with Gasteiger partial charge in [0, 0.05) is 58.3 Å². The highest BCUT2D eigenvalue weighted by atomic mass is 16.3. The second-order valence-corrected chi connectivity index (χ2v) is 14.4. The molecule has 2 heterocycles. The van der Waals surface area contributed by atoms with E-state index in [0.717, 1.165) is 103 Å². The average Bonchev–Trinajstić information content (AvgIpc) is 3.69. The van der Waals surface area contributed by atoms with Crippen molar-refractivity contribution in [2.45, 2.75) is 47.2 Å². The van der Waals surface area contributed by atoms with Crippen LogP contribution >= 0.6 is 0 Å². The van der Waals surface area contributed by atoms with Gasteiger partial charge in [0.25, 0.3) is 0 Å². The Bertz CT molecular complexity index is 2500. The number of aromatic hydroxyl groups is 2. The summed E-state index contributed by atoms with van der Waals surface area (Å²) >= 11 is 0. The second kappa shape index (κ2) is 14.1. The van der Waals surface area contributed by atoms with E-state index in [0.29, 0.717) is 6.54 Å². The van der Waals surface area contributed by atoms with Crippen molar-refractivity contribution >= 4 is 43.6 Å². The number of fused-ring (bicyclic) bond motifs is 6. The highest BCUT2D eigenvalue weighted by Gasteiger charge is 2.26. The molecular weight excluding hydrogens is 653 g/mol. The van der Waals surface area contributed by atoms with E-state index in [-0.39, 0.29) is 17.5 Å². The van der Waals surface area contributed by atoms with Crippen LogP contribution in [0.5, 0.6) is 11.5 Å². The number of benzene rings is 6. The first-order valence-electron chi connectivity index (χ1n) is 18.9. The molecule has 8 rings (SSSR count). The van der Waals surface area contributed by atoms with Crippen molar-refractivity contribution in [2.75, 3.05) is 26.2 Å². The molecule has 0 fully saturated rings. The van der Waals surface area contributed by atoms with E-state index in [2.05, 4.69) is 175 Å². The van der Waals surface area contributed by atoms with Crippen LogP contribution in [0.3, 0.4) is 0 Å². The second-order valence-electron chi connectivity index (χ2n) is 14.4. The molecule has 0 aliphatic rings. The maximum atomic E-state index is 12.3. The van der Waals surface area contributed by atoms with Gasteiger partial charge in [0.15, 0.2) is 0 Å². The van der Waals surface area contributed by atoms with Gasteiger partial charge in [-0.05, 0) is 81.4 Å². The maximum absolute atomic E-state index is 12.3. The van der Waals surface area contributed by atoms with Gasteiger partial charge in [-0.1, -0.05) is 98.8 Å². The van der Waals surface area contributed by atoms with E-state index >= 15 is 0 Å². The summed E-state index contributed by atoms with van der Waals surface area (Å²) in [5.74, 6) is 0.559. The van der Waals surface area contributed by atoms with E-state index in [4.69, 9.17) is 0 Å². The van der Waals surface area contributed by atoms with Crippen molar-refractivity contribution in [3.63, 3.8) is 0 Å². The van der Waals surface area contributed by atoms with Crippen molar-refractivity contribution in [3.8, 4) is 22.9 Å². The van der Waals surface area contributed by atoms with Crippen molar-refractivity contribution in [2.24, 2.45) is 0 Å². The van der Waals surface area contributed by atoms with Crippen molar-refractivity contribution in [1.82, 2.24) is 18.9 Å². The summed E-state index contributed by atoms with van der Waals surface area (Å²) < 4.78 is 4.40. The van der Waals surface area contributed by atoms with E-state index in [1.807, 2.05) is 0 Å². The molecule has 6 heteroatoms. The molecule has 1 atom stereocenters. The Kier molecular flexibility index (Phi) is 9.19. The molecule has 53 heavy (non-hydrogen) atoms. The predicted molar refractivity (Wildman–Crippen MR) is 221 cm³/mol. The molecule has 8 aromatic rings. The lowest BCUT2D eigenvalue weighted by Crippen LogP contribution is -2.36. The molecule has 0 radical (unpaired) electrons. The van der Waals surface area contributed by atoms with E-state index < -0.39 is 0 Å². The molecule has 268 valence electrons. The molecule has 0 aliphatic carbocycles. The van der Waals surface area contributed by atoms with Crippen LogP contribution < -0.4 is 0 Å². The molecule has 2 aromatic heterocycles. The number of phenolic OH excluding ortho intramolecular Hbond substituents is 2. The van der Waals surface area contributed by atoms with Crippen LogP contribution in [0.25, 0.3) is 55.0 Å². The van der Waals surface area contributed by atoms with E-state index in [1.165, 1.54) is 0 Å². The molecular formula is C47H48N4O2. The summed E-state index contributed by atoms with van der Waals surface area (Å²) in [6, 6.07) is 41.9. The zero-order valence-electron chi connectivity index (χ0n) is 31.3. The zero-order valence-corrected chi connectivity index (χ0v) is 31.3. The molecule has 2 N–H and O–H groups in total. The monoisotopic (exact) mass is 700 g/mol. The third kappa shape index (κ3) is 6.02. The van der Waals surface area contributed by atoms with Crippen LogP contribution in [0.2, 0.25) is 0 Å². The largest absolute Gasteiger partial charge is 0.505 e. The average molecular weight is 701 g/mol. The Hall–Kier alpha value is -5.56. The molecule has 0 amide bonds. The van der Waals surface area contributed by atoms with Crippen molar-refractivity contribution in [3.05, 3.63) is 144 Å². The molecule has 0 aliphatic heterocycles. The fourth-order valence-electron chi connectivity index (χ4n) is 8.40. The molecule has 0 spiro atoms. The van der Waals surface area contributed by atoms with Crippen LogP contribution in [0.15, 0.2) is 121 Å². The fourth-order valence-corrected chi connectivity index (χ4v) is 8.40. The minimum Gasteiger partial charge on any atom is -0.505 e. The van der Waals surface area contributed by atoms with Gasteiger partial charge in [-0.3, -0.25) is 4.90 Å². The van der Waals surface area contributed by atoms with Gasteiger partial charge in [-0.25, -0.2) is 0 Å². The SMILES string of the molecule is CCN(CC)CCN(Cc1cc(C)cc(-n2c3ccccc3c3ccccc32)c1O)C(C)c1cc(C)cc(-n2c3ccccc3c3ccccc32)c1O. The third-order valence-electron chi connectivity index (χ3n) is 11.2. The maximum Gasteiger partial charge on any atom is 0.144 e. The molecule has 1 unspecified atom stereocenters. The minimum absolute atomic E-state index is 0.158. The van der Waals surface area contributed by atoms with Crippen LogP contribution in [0, 0.1) is 13.8 Å². The summed E-state index contributed by atoms with van der Waals surface area (Å²) in [5, 5.41) is 29.2. The van der Waals surface area contributed by atoms with Crippen LogP contribution in [0.4, 0.5) is 0 Å². The number of hydrogen-bond acceptors (Lipinski definition) is 4. The number of para-hydroxylation sites is 4. The number of likely N-dealkylation sites (N-methyl/N-ethyl adjacent to an activating group) is 1. The Balaban J connectivity index is 1.25. The summed E-state index contributed by atoms with van der Waals surface area (Å²) in [6.07, 6.45) is 0. The summed E-state index contributed by atoms with van der Waals surface area (Å²) in [7, 11) is 0. The predicted octanol–water partition coefficient (Wildman–Crippen LogP) is 10.8. The van der Waals surface area contributed by atoms with E-state index in [9.17, 15) is 10.2 Å². The standard InChI is InChI=1S/C47H48N4O2/c1-6-48(7-2)24-25-49(30-34-26-31(3)28-44(46(34)52)50-40-20-12-8-16-35(40)36-17-9-13-21-41(36)50)33(5)39-27-32(4)29-45(47(39)53)51-42-22-14-10-18-37(42)38-19-11-15-23-43(38)51/h8-23,26-29,33,52-53H,6-7,24-25,30H2,1-5H3. The smallest absolute Gasteiger partial charge is 0.144 e. The number of nitrogens with zero attached hydrogens (tertiary/aromatic N) is 4. The molecule has 0 saturated heterocycles. The minimum atomic E-state index is -0.158. The number of phenols is 2. The normalized spacial score (nSPS) is 12.7. The molecule has 0 bridgehead atoms. The first kappa shape index (κ1) is 34.5. The zero-order chi connectivity index (χ0) is 36.8. The van der Waals surface area contributed by atoms with Gasteiger partial charge in [0.2, 0.25) is 0 Å².